The molecule has 0 radical (unpaired) electrons. The standard InChI is InChI=1S/C18H24F2O2/c19-16-4-1-5-17(18(16)20)22-11-13-6-8-14(9-7-13)15-3-2-10-21-12-15/h1,4-5,13-15H,2-3,6-12H2. The first kappa shape index (κ1) is 15.7. The Morgan fingerprint density at radius 1 is 1.05 bits per heavy atom. The van der Waals surface area contributed by atoms with Crippen molar-refractivity contribution in [1.29, 1.82) is 0 Å². The molecule has 1 heterocycles. The number of ether oxygens (including phenoxy) is 2. The van der Waals surface area contributed by atoms with Crippen LogP contribution in [0.4, 0.5) is 8.78 Å². The molecule has 2 nitrogen and oxygen atoms in total. The Hall–Kier alpha value is -1.16. The highest BCUT2D eigenvalue weighted by Gasteiger charge is 2.29. The van der Waals surface area contributed by atoms with Gasteiger partial charge < -0.3 is 9.47 Å². The van der Waals surface area contributed by atoms with Crippen LogP contribution in [0.25, 0.3) is 0 Å². The van der Waals surface area contributed by atoms with Gasteiger partial charge in [-0.25, -0.2) is 4.39 Å². The quantitative estimate of drug-likeness (QED) is 0.810. The molecule has 3 rings (SSSR count). The summed E-state index contributed by atoms with van der Waals surface area (Å²) in [7, 11) is 0. The van der Waals surface area contributed by atoms with Gasteiger partial charge in [-0.1, -0.05) is 6.07 Å². The van der Waals surface area contributed by atoms with Crippen LogP contribution >= 0.6 is 0 Å². The summed E-state index contributed by atoms with van der Waals surface area (Å²) in [5.74, 6) is 0.235. The number of hydrogen-bond acceptors (Lipinski definition) is 2. The van der Waals surface area contributed by atoms with Crippen LogP contribution in [0.15, 0.2) is 18.2 Å². The summed E-state index contributed by atoms with van der Waals surface area (Å²) >= 11 is 0. The second-order valence-electron chi connectivity index (χ2n) is 6.62. The topological polar surface area (TPSA) is 18.5 Å². The average molecular weight is 310 g/mol. The maximum Gasteiger partial charge on any atom is 0.200 e. The third-order valence-corrected chi connectivity index (χ3v) is 5.14. The van der Waals surface area contributed by atoms with Crippen LogP contribution in [0.2, 0.25) is 0 Å². The van der Waals surface area contributed by atoms with Crippen molar-refractivity contribution in [2.24, 2.45) is 17.8 Å². The lowest BCUT2D eigenvalue weighted by Gasteiger charge is -2.35. The number of benzene rings is 1. The van der Waals surface area contributed by atoms with Gasteiger partial charge in [0.25, 0.3) is 0 Å². The zero-order valence-electron chi connectivity index (χ0n) is 12.9. The van der Waals surface area contributed by atoms with E-state index in [2.05, 4.69) is 0 Å². The molecular formula is C18H24F2O2. The smallest absolute Gasteiger partial charge is 0.200 e. The predicted octanol–water partition coefficient (Wildman–Crippen LogP) is 4.58. The second kappa shape index (κ2) is 7.40. The summed E-state index contributed by atoms with van der Waals surface area (Å²) < 4.78 is 37.8. The lowest BCUT2D eigenvalue weighted by Crippen LogP contribution is -2.29. The molecule has 2 aliphatic rings. The molecule has 1 aromatic rings. The first-order valence-corrected chi connectivity index (χ1v) is 8.38. The molecule has 1 aromatic carbocycles. The molecule has 1 atom stereocenters. The first-order valence-electron chi connectivity index (χ1n) is 8.38. The van der Waals surface area contributed by atoms with Crippen LogP contribution in [0.3, 0.4) is 0 Å². The molecule has 22 heavy (non-hydrogen) atoms. The SMILES string of the molecule is Fc1cccc(OCC2CCC(C3CCCOC3)CC2)c1F. The molecule has 1 aliphatic carbocycles. The summed E-state index contributed by atoms with van der Waals surface area (Å²) in [5, 5.41) is 0. The molecule has 122 valence electrons. The molecular weight excluding hydrogens is 286 g/mol. The Morgan fingerprint density at radius 3 is 2.59 bits per heavy atom. The summed E-state index contributed by atoms with van der Waals surface area (Å²) in [6, 6.07) is 4.08. The fourth-order valence-corrected chi connectivity index (χ4v) is 3.77. The van der Waals surface area contributed by atoms with Crippen LogP contribution in [-0.2, 0) is 4.74 Å². The van der Waals surface area contributed by atoms with Gasteiger partial charge in [0.15, 0.2) is 11.6 Å². The summed E-state index contributed by atoms with van der Waals surface area (Å²) in [4.78, 5) is 0. The van der Waals surface area contributed by atoms with Crippen molar-refractivity contribution < 1.29 is 18.3 Å². The first-order chi connectivity index (χ1) is 10.7. The lowest BCUT2D eigenvalue weighted by molar-refractivity contribution is 0.0161. The maximum absolute atomic E-state index is 13.5. The van der Waals surface area contributed by atoms with Gasteiger partial charge in [-0.15, -0.1) is 0 Å². The fraction of sp³-hybridized carbons (Fsp3) is 0.667. The fourth-order valence-electron chi connectivity index (χ4n) is 3.77. The normalized spacial score (nSPS) is 29.3. The van der Waals surface area contributed by atoms with Crippen LogP contribution in [0.1, 0.15) is 38.5 Å². The van der Waals surface area contributed by atoms with E-state index >= 15 is 0 Å². The zero-order valence-corrected chi connectivity index (χ0v) is 12.9. The zero-order chi connectivity index (χ0) is 15.4. The summed E-state index contributed by atoms with van der Waals surface area (Å²) in [5.41, 5.74) is 0. The molecule has 1 unspecified atom stereocenters. The van der Waals surface area contributed by atoms with Crippen molar-refractivity contribution >= 4 is 0 Å². The molecule has 1 saturated carbocycles. The van der Waals surface area contributed by atoms with Crippen molar-refractivity contribution in [3.8, 4) is 5.75 Å². The van der Waals surface area contributed by atoms with E-state index in [0.717, 1.165) is 44.0 Å². The minimum Gasteiger partial charge on any atom is -0.490 e. The molecule has 1 aliphatic heterocycles. The molecule has 1 saturated heterocycles. The van der Waals surface area contributed by atoms with Gasteiger partial charge in [0.05, 0.1) is 6.61 Å². The molecule has 4 heteroatoms. The highest BCUT2D eigenvalue weighted by atomic mass is 19.2. The lowest BCUT2D eigenvalue weighted by atomic mass is 9.74. The Bertz CT molecular complexity index is 478. The van der Waals surface area contributed by atoms with E-state index in [9.17, 15) is 8.78 Å². The van der Waals surface area contributed by atoms with Crippen LogP contribution in [0, 0.1) is 29.4 Å². The number of halogens is 2. The van der Waals surface area contributed by atoms with E-state index in [1.54, 1.807) is 0 Å². The minimum atomic E-state index is -0.879. The van der Waals surface area contributed by atoms with E-state index in [-0.39, 0.29) is 5.75 Å². The maximum atomic E-state index is 13.5. The highest BCUT2D eigenvalue weighted by molar-refractivity contribution is 5.25. The van der Waals surface area contributed by atoms with Crippen molar-refractivity contribution in [2.45, 2.75) is 38.5 Å². The largest absolute Gasteiger partial charge is 0.490 e. The van der Waals surface area contributed by atoms with Crippen molar-refractivity contribution in [3.63, 3.8) is 0 Å². The molecule has 0 aromatic heterocycles. The summed E-state index contributed by atoms with van der Waals surface area (Å²) in [6.45, 7) is 2.31. The van der Waals surface area contributed by atoms with Gasteiger partial charge in [0.2, 0.25) is 5.82 Å². The predicted molar refractivity (Wildman–Crippen MR) is 80.8 cm³/mol. The van der Waals surface area contributed by atoms with E-state index in [1.807, 2.05) is 0 Å². The van der Waals surface area contributed by atoms with Gasteiger partial charge in [0, 0.05) is 13.2 Å². The van der Waals surface area contributed by atoms with Crippen molar-refractivity contribution in [1.82, 2.24) is 0 Å². The molecule has 0 N–H and O–H groups in total. The Morgan fingerprint density at radius 2 is 1.86 bits per heavy atom. The second-order valence-corrected chi connectivity index (χ2v) is 6.62. The summed E-state index contributed by atoms with van der Waals surface area (Å²) in [6.07, 6.45) is 7.10. The van der Waals surface area contributed by atoms with Gasteiger partial charge in [-0.2, -0.15) is 4.39 Å². The van der Waals surface area contributed by atoms with Crippen LogP contribution in [-0.4, -0.2) is 19.8 Å². The van der Waals surface area contributed by atoms with Gasteiger partial charge in [-0.05, 0) is 68.4 Å². The van der Waals surface area contributed by atoms with E-state index < -0.39 is 11.6 Å². The van der Waals surface area contributed by atoms with E-state index in [4.69, 9.17) is 9.47 Å². The number of hydrogen-bond donors (Lipinski definition) is 0. The van der Waals surface area contributed by atoms with E-state index in [0.29, 0.717) is 12.5 Å². The molecule has 0 bridgehead atoms. The van der Waals surface area contributed by atoms with Gasteiger partial charge in [0.1, 0.15) is 0 Å². The van der Waals surface area contributed by atoms with E-state index in [1.165, 1.54) is 37.8 Å². The van der Waals surface area contributed by atoms with Crippen molar-refractivity contribution in [3.05, 3.63) is 29.8 Å². The van der Waals surface area contributed by atoms with Crippen LogP contribution in [0.5, 0.6) is 5.75 Å². The number of rotatable bonds is 4. The van der Waals surface area contributed by atoms with Gasteiger partial charge >= 0.3 is 0 Å². The monoisotopic (exact) mass is 310 g/mol. The Labute approximate surface area is 130 Å². The highest BCUT2D eigenvalue weighted by Crippen LogP contribution is 2.37. The third kappa shape index (κ3) is 3.78. The van der Waals surface area contributed by atoms with Crippen molar-refractivity contribution in [2.75, 3.05) is 19.8 Å². The molecule has 0 amide bonds. The molecule has 2 fully saturated rings. The average Bonchev–Trinajstić information content (AvgIpc) is 2.57. The third-order valence-electron chi connectivity index (χ3n) is 5.14. The van der Waals surface area contributed by atoms with Gasteiger partial charge in [-0.3, -0.25) is 0 Å². The minimum absolute atomic E-state index is 0.0304. The Balaban J connectivity index is 1.45. The molecule has 0 spiro atoms. The Kier molecular flexibility index (Phi) is 5.29. The van der Waals surface area contributed by atoms with Crippen LogP contribution < -0.4 is 4.74 Å².